The van der Waals surface area contributed by atoms with Crippen LogP contribution >= 0.6 is 0 Å². The van der Waals surface area contributed by atoms with Crippen molar-refractivity contribution in [3.05, 3.63) is 35.9 Å². The highest BCUT2D eigenvalue weighted by Gasteiger charge is 2.24. The lowest BCUT2D eigenvalue weighted by Gasteiger charge is -2.30. The Kier molecular flexibility index (Phi) is 13.5. The third kappa shape index (κ3) is 14.1. The van der Waals surface area contributed by atoms with Crippen LogP contribution in [0.3, 0.4) is 0 Å². The van der Waals surface area contributed by atoms with Crippen LogP contribution < -0.4 is 10.6 Å². The maximum atomic E-state index is 11.7. The molecular formula is C29H46N2O6. The molecule has 208 valence electrons. The van der Waals surface area contributed by atoms with Crippen molar-refractivity contribution in [2.45, 2.75) is 128 Å². The van der Waals surface area contributed by atoms with Gasteiger partial charge in [0.1, 0.15) is 18.2 Å². The number of benzene rings is 1. The zero-order chi connectivity index (χ0) is 27.1. The van der Waals surface area contributed by atoms with Crippen molar-refractivity contribution >= 4 is 18.0 Å². The number of carboxylic acid groups (broad SMARTS) is 1. The number of carbonyl (C=O) groups excluding carboxylic acids is 2. The lowest BCUT2D eigenvalue weighted by molar-refractivity contribution is -0.155. The molecule has 37 heavy (non-hydrogen) atoms. The first kappa shape index (κ1) is 30.6. The molecule has 1 aromatic rings. The highest BCUT2D eigenvalue weighted by atomic mass is 16.6. The fourth-order valence-corrected chi connectivity index (χ4v) is 4.69. The molecule has 3 N–H and O–H groups in total. The van der Waals surface area contributed by atoms with Crippen LogP contribution in [0, 0.1) is 0 Å². The second-order valence-corrected chi connectivity index (χ2v) is 11.1. The van der Waals surface area contributed by atoms with Crippen molar-refractivity contribution in [1.82, 2.24) is 10.6 Å². The molecule has 0 spiro atoms. The highest BCUT2D eigenvalue weighted by Crippen LogP contribution is 2.22. The maximum absolute atomic E-state index is 11.7. The summed E-state index contributed by atoms with van der Waals surface area (Å²) >= 11 is 0. The van der Waals surface area contributed by atoms with Gasteiger partial charge in [0.25, 0.3) is 0 Å². The number of carboxylic acids is 1. The third-order valence-electron chi connectivity index (χ3n) is 6.54. The van der Waals surface area contributed by atoms with E-state index in [0.717, 1.165) is 17.6 Å². The van der Waals surface area contributed by atoms with Gasteiger partial charge in [-0.2, -0.15) is 0 Å². The lowest BCUT2D eigenvalue weighted by atomic mass is 9.91. The summed E-state index contributed by atoms with van der Waals surface area (Å²) in [5.41, 5.74) is 0.144. The zero-order valence-corrected chi connectivity index (χ0v) is 22.8. The topological polar surface area (TPSA) is 114 Å². The van der Waals surface area contributed by atoms with E-state index in [2.05, 4.69) is 10.6 Å². The van der Waals surface area contributed by atoms with Crippen LogP contribution in [0.4, 0.5) is 4.79 Å². The summed E-state index contributed by atoms with van der Waals surface area (Å²) in [6.45, 7) is 5.20. The van der Waals surface area contributed by atoms with Gasteiger partial charge in [0.15, 0.2) is 0 Å². The molecule has 0 aliphatic heterocycles. The number of hydrogen-bond acceptors (Lipinski definition) is 6. The van der Waals surface area contributed by atoms with Crippen molar-refractivity contribution in [2.75, 3.05) is 0 Å². The Balaban J connectivity index is 0.000000308. The van der Waals surface area contributed by atoms with E-state index >= 15 is 0 Å². The van der Waals surface area contributed by atoms with E-state index in [1.54, 1.807) is 45.0 Å². The first-order valence-corrected chi connectivity index (χ1v) is 13.8. The van der Waals surface area contributed by atoms with Gasteiger partial charge in [-0.05, 0) is 58.4 Å². The second-order valence-electron chi connectivity index (χ2n) is 11.1. The molecule has 2 aliphatic carbocycles. The van der Waals surface area contributed by atoms with Crippen LogP contribution in [0.5, 0.6) is 0 Å². The molecule has 1 amide bonds. The van der Waals surface area contributed by atoms with Crippen molar-refractivity contribution in [3.8, 4) is 0 Å². The van der Waals surface area contributed by atoms with Gasteiger partial charge in [-0.15, -0.1) is 0 Å². The molecular weight excluding hydrogens is 472 g/mol. The summed E-state index contributed by atoms with van der Waals surface area (Å²) in [4.78, 5) is 34.5. The molecule has 1 atom stereocenters. The number of nitrogens with one attached hydrogen (secondary N) is 2. The molecule has 0 unspecified atom stereocenters. The largest absolute Gasteiger partial charge is 0.480 e. The summed E-state index contributed by atoms with van der Waals surface area (Å²) in [5.74, 6) is -1.76. The van der Waals surface area contributed by atoms with E-state index in [-0.39, 0.29) is 19.4 Å². The number of ether oxygens (including phenoxy) is 2. The number of hydrogen-bond donors (Lipinski definition) is 3. The maximum Gasteiger partial charge on any atom is 0.408 e. The molecule has 0 heterocycles. The number of carbonyl (C=O) groups is 3. The van der Waals surface area contributed by atoms with Crippen molar-refractivity contribution < 1.29 is 29.0 Å². The molecule has 0 aromatic heterocycles. The minimum absolute atomic E-state index is 0.0328. The molecule has 0 bridgehead atoms. The van der Waals surface area contributed by atoms with Crippen LogP contribution in [0.1, 0.15) is 103 Å². The molecule has 8 heteroatoms. The second kappa shape index (κ2) is 16.3. The quantitative estimate of drug-likeness (QED) is 0.358. The van der Waals surface area contributed by atoms with E-state index in [9.17, 15) is 14.4 Å². The molecule has 3 rings (SSSR count). The standard InChI is InChI=1S/C17H23NO6.C12H23N/c1-17(2,3)24-14(19)10-9-13(15(20)21)18-16(22)23-11-12-7-5-4-6-8-12;1-3-7-11(8-4-1)13-12-9-5-2-6-10-12/h4-8,13H,9-11H2,1-3H3,(H,18,22)(H,20,21);11-13H,1-10H2/t13-;/m0./s1. The van der Waals surface area contributed by atoms with Crippen molar-refractivity contribution in [2.24, 2.45) is 0 Å². The number of amides is 1. The van der Waals surface area contributed by atoms with E-state index in [1.807, 2.05) is 6.07 Å². The fraction of sp³-hybridized carbons (Fsp3) is 0.690. The number of esters is 1. The minimum Gasteiger partial charge on any atom is -0.480 e. The Hall–Kier alpha value is -2.61. The summed E-state index contributed by atoms with van der Waals surface area (Å²) in [5, 5.41) is 15.2. The van der Waals surface area contributed by atoms with Gasteiger partial charge in [0, 0.05) is 18.5 Å². The van der Waals surface area contributed by atoms with Gasteiger partial charge in [0.05, 0.1) is 0 Å². The summed E-state index contributed by atoms with van der Waals surface area (Å²) in [6.07, 6.45) is 13.5. The Bertz CT molecular complexity index is 795. The van der Waals surface area contributed by atoms with Gasteiger partial charge in [-0.25, -0.2) is 9.59 Å². The Morgan fingerprint density at radius 2 is 1.46 bits per heavy atom. The average Bonchev–Trinajstić information content (AvgIpc) is 2.86. The normalized spacial score (nSPS) is 17.6. The van der Waals surface area contributed by atoms with Crippen LogP contribution in [0.25, 0.3) is 0 Å². The Morgan fingerprint density at radius 1 is 0.919 bits per heavy atom. The molecule has 0 saturated heterocycles. The van der Waals surface area contributed by atoms with E-state index < -0.39 is 29.7 Å². The predicted octanol–water partition coefficient (Wildman–Crippen LogP) is 5.73. The lowest BCUT2D eigenvalue weighted by Crippen LogP contribution is -2.41. The fourth-order valence-electron chi connectivity index (χ4n) is 4.69. The van der Waals surface area contributed by atoms with Crippen molar-refractivity contribution in [3.63, 3.8) is 0 Å². The van der Waals surface area contributed by atoms with Gasteiger partial charge < -0.3 is 25.2 Å². The first-order valence-electron chi connectivity index (χ1n) is 13.8. The third-order valence-corrected chi connectivity index (χ3v) is 6.54. The smallest absolute Gasteiger partial charge is 0.408 e. The molecule has 0 radical (unpaired) electrons. The Labute approximate surface area is 221 Å². The summed E-state index contributed by atoms with van der Waals surface area (Å²) in [6, 6.07) is 9.53. The summed E-state index contributed by atoms with van der Waals surface area (Å²) in [7, 11) is 0. The highest BCUT2D eigenvalue weighted by molar-refractivity contribution is 5.80. The monoisotopic (exact) mass is 518 g/mol. The molecule has 2 fully saturated rings. The number of alkyl carbamates (subject to hydrolysis) is 1. The Morgan fingerprint density at radius 3 is 1.95 bits per heavy atom. The van der Waals surface area contributed by atoms with Crippen LogP contribution in [-0.4, -0.2) is 46.9 Å². The van der Waals surface area contributed by atoms with Crippen LogP contribution in [-0.2, 0) is 25.7 Å². The van der Waals surface area contributed by atoms with Crippen molar-refractivity contribution in [1.29, 1.82) is 0 Å². The summed E-state index contributed by atoms with van der Waals surface area (Å²) < 4.78 is 10.1. The molecule has 2 saturated carbocycles. The predicted molar refractivity (Wildman–Crippen MR) is 143 cm³/mol. The van der Waals surface area contributed by atoms with E-state index in [0.29, 0.717) is 0 Å². The number of aliphatic carboxylic acids is 1. The van der Waals surface area contributed by atoms with Crippen LogP contribution in [0.2, 0.25) is 0 Å². The SMILES string of the molecule is C1CCC(NC2CCCCC2)CC1.CC(C)(C)OC(=O)CC[C@H](NC(=O)OCc1ccccc1)C(=O)O. The zero-order valence-electron chi connectivity index (χ0n) is 22.8. The molecule has 1 aromatic carbocycles. The van der Waals surface area contributed by atoms with E-state index in [4.69, 9.17) is 14.6 Å². The van der Waals surface area contributed by atoms with Crippen LogP contribution in [0.15, 0.2) is 30.3 Å². The number of rotatable bonds is 9. The minimum atomic E-state index is -1.24. The molecule has 2 aliphatic rings. The van der Waals surface area contributed by atoms with Gasteiger partial charge >= 0.3 is 18.0 Å². The van der Waals surface area contributed by atoms with E-state index in [1.165, 1.54) is 64.2 Å². The first-order chi connectivity index (χ1) is 17.6. The molecule has 8 nitrogen and oxygen atoms in total. The average molecular weight is 519 g/mol. The van der Waals surface area contributed by atoms with Gasteiger partial charge in [0.2, 0.25) is 0 Å². The van der Waals surface area contributed by atoms with Gasteiger partial charge in [-0.3, -0.25) is 4.79 Å². The van der Waals surface area contributed by atoms with Gasteiger partial charge in [-0.1, -0.05) is 68.9 Å².